The molecule has 0 radical (unpaired) electrons. The minimum absolute atomic E-state index is 0.00195. The molecule has 1 aromatic carbocycles. The van der Waals surface area contributed by atoms with Crippen molar-refractivity contribution in [2.24, 2.45) is 5.92 Å². The molecule has 2 aromatic rings. The van der Waals surface area contributed by atoms with Gasteiger partial charge in [-0.1, -0.05) is 34.8 Å². The number of benzene rings is 1. The number of carbonyl (C=O) groups excluding carboxylic acids is 1. The van der Waals surface area contributed by atoms with Crippen LogP contribution in [0.1, 0.15) is 24.0 Å². The summed E-state index contributed by atoms with van der Waals surface area (Å²) in [6.07, 6.45) is -1.06. The van der Waals surface area contributed by atoms with E-state index in [-0.39, 0.29) is 49.5 Å². The lowest BCUT2D eigenvalue weighted by Crippen LogP contribution is -2.42. The van der Waals surface area contributed by atoms with Crippen LogP contribution in [0.25, 0.3) is 5.70 Å². The van der Waals surface area contributed by atoms with E-state index in [9.17, 15) is 18.0 Å². The molecule has 0 bridgehead atoms. The lowest BCUT2D eigenvalue weighted by molar-refractivity contribution is -0.269. The van der Waals surface area contributed by atoms with Crippen LogP contribution in [0.15, 0.2) is 36.5 Å². The van der Waals surface area contributed by atoms with Crippen LogP contribution in [0.5, 0.6) is 0 Å². The Labute approximate surface area is 184 Å². The van der Waals surface area contributed by atoms with Gasteiger partial charge in [0.1, 0.15) is 0 Å². The number of carbonyl (C=O) groups is 1. The summed E-state index contributed by atoms with van der Waals surface area (Å²) in [5.74, 6) is -0.0970. The van der Waals surface area contributed by atoms with Crippen molar-refractivity contribution in [2.45, 2.75) is 24.6 Å². The maximum Gasteiger partial charge on any atom is 0.428 e. The van der Waals surface area contributed by atoms with Crippen molar-refractivity contribution < 1.29 is 22.8 Å². The van der Waals surface area contributed by atoms with Gasteiger partial charge in [-0.05, 0) is 43.2 Å². The number of nitrogens with one attached hydrogen (secondary N) is 2. The van der Waals surface area contributed by atoms with Gasteiger partial charge in [-0.25, -0.2) is 4.98 Å². The summed E-state index contributed by atoms with van der Waals surface area (Å²) in [7, 11) is 0. The normalized spacial score (nSPS) is 21.2. The summed E-state index contributed by atoms with van der Waals surface area (Å²) in [5, 5.41) is 2.76. The van der Waals surface area contributed by atoms with Crippen molar-refractivity contribution in [1.82, 2.24) is 10.5 Å². The molecule has 1 fully saturated rings. The van der Waals surface area contributed by atoms with Gasteiger partial charge in [-0.2, -0.15) is 13.2 Å². The summed E-state index contributed by atoms with van der Waals surface area (Å²) < 4.78 is 42.1. The van der Waals surface area contributed by atoms with E-state index in [0.29, 0.717) is 0 Å². The van der Waals surface area contributed by atoms with Gasteiger partial charge in [-0.3, -0.25) is 15.1 Å². The number of amides is 1. The van der Waals surface area contributed by atoms with Crippen LogP contribution in [-0.2, 0) is 15.2 Å². The van der Waals surface area contributed by atoms with Crippen LogP contribution >= 0.6 is 34.8 Å². The second-order valence-corrected chi connectivity index (χ2v) is 8.25. The Kier molecular flexibility index (Phi) is 5.38. The zero-order chi connectivity index (χ0) is 21.7. The monoisotopic (exact) mass is 477 g/mol. The number of anilines is 1. The molecule has 1 aromatic heterocycles. The predicted molar refractivity (Wildman–Crippen MR) is 107 cm³/mol. The van der Waals surface area contributed by atoms with E-state index < -0.39 is 11.8 Å². The number of alkyl halides is 3. The van der Waals surface area contributed by atoms with Gasteiger partial charge < -0.3 is 5.32 Å². The highest BCUT2D eigenvalue weighted by Crippen LogP contribution is 2.48. The van der Waals surface area contributed by atoms with E-state index in [4.69, 9.17) is 39.6 Å². The fourth-order valence-electron chi connectivity index (χ4n) is 3.00. The average Bonchev–Trinajstić information content (AvgIpc) is 3.39. The first kappa shape index (κ1) is 21.2. The third-order valence-electron chi connectivity index (χ3n) is 4.72. The third-order valence-corrected chi connectivity index (χ3v) is 5.45. The van der Waals surface area contributed by atoms with E-state index in [2.05, 4.69) is 15.8 Å². The van der Waals surface area contributed by atoms with E-state index in [1.54, 1.807) is 0 Å². The minimum Gasteiger partial charge on any atom is -0.309 e. The van der Waals surface area contributed by atoms with Gasteiger partial charge in [0.05, 0.1) is 10.7 Å². The Morgan fingerprint density at radius 1 is 1.17 bits per heavy atom. The molecule has 1 aliphatic carbocycles. The summed E-state index contributed by atoms with van der Waals surface area (Å²) in [6, 6.07) is 4.96. The highest BCUT2D eigenvalue weighted by Gasteiger charge is 2.59. The lowest BCUT2D eigenvalue weighted by Gasteiger charge is -2.28. The minimum atomic E-state index is -4.83. The topological polar surface area (TPSA) is 63.2 Å². The van der Waals surface area contributed by atoms with Crippen LogP contribution in [0.3, 0.4) is 0 Å². The quantitative estimate of drug-likeness (QED) is 0.590. The SMILES string of the molecule is O=C(Nc1ncc(C2=CC(c3cc(Cl)cc(Cl)c3)(C(F)(F)F)ON2)cc1Cl)C1CC1. The number of hydrogen-bond acceptors (Lipinski definition) is 4. The third kappa shape index (κ3) is 3.97. The molecule has 0 saturated heterocycles. The number of rotatable bonds is 4. The van der Waals surface area contributed by atoms with Crippen LogP contribution in [0.2, 0.25) is 15.1 Å². The smallest absolute Gasteiger partial charge is 0.309 e. The molecule has 4 rings (SSSR count). The van der Waals surface area contributed by atoms with Crippen molar-refractivity contribution in [2.75, 3.05) is 5.32 Å². The fraction of sp³-hybridized carbons (Fsp3) is 0.263. The molecular weight excluding hydrogens is 466 g/mol. The van der Waals surface area contributed by atoms with Crippen molar-refractivity contribution in [3.63, 3.8) is 0 Å². The largest absolute Gasteiger partial charge is 0.428 e. The van der Waals surface area contributed by atoms with Crippen LogP contribution in [0.4, 0.5) is 19.0 Å². The second kappa shape index (κ2) is 7.60. The number of pyridine rings is 1. The Balaban J connectivity index is 1.69. The zero-order valence-electron chi connectivity index (χ0n) is 15.0. The highest BCUT2D eigenvalue weighted by atomic mass is 35.5. The highest BCUT2D eigenvalue weighted by molar-refractivity contribution is 6.34. The summed E-state index contributed by atoms with van der Waals surface area (Å²) >= 11 is 17.9. The molecule has 30 heavy (non-hydrogen) atoms. The van der Waals surface area contributed by atoms with Crippen molar-refractivity contribution in [3.05, 3.63) is 62.7 Å². The van der Waals surface area contributed by atoms with Gasteiger partial charge in [0, 0.05) is 33.3 Å². The first-order chi connectivity index (χ1) is 14.1. The number of hydrogen-bond donors (Lipinski definition) is 2. The van der Waals surface area contributed by atoms with Crippen LogP contribution < -0.4 is 10.8 Å². The molecule has 158 valence electrons. The molecule has 11 heteroatoms. The number of hydroxylamine groups is 1. The molecule has 2 N–H and O–H groups in total. The molecule has 1 amide bonds. The summed E-state index contributed by atoms with van der Waals surface area (Å²) in [6.45, 7) is 0. The van der Waals surface area contributed by atoms with Crippen molar-refractivity contribution in [1.29, 1.82) is 0 Å². The van der Waals surface area contributed by atoms with Gasteiger partial charge >= 0.3 is 6.18 Å². The molecule has 1 unspecified atom stereocenters. The van der Waals surface area contributed by atoms with E-state index in [0.717, 1.165) is 31.1 Å². The molecule has 1 atom stereocenters. The molecular formula is C19H13Cl3F3N3O2. The maximum absolute atomic E-state index is 14.0. The Morgan fingerprint density at radius 2 is 1.83 bits per heavy atom. The molecule has 2 aliphatic rings. The summed E-state index contributed by atoms with van der Waals surface area (Å²) in [4.78, 5) is 21.0. The fourth-order valence-corrected chi connectivity index (χ4v) is 3.73. The second-order valence-electron chi connectivity index (χ2n) is 6.97. The molecule has 0 spiro atoms. The molecule has 5 nitrogen and oxygen atoms in total. The van der Waals surface area contributed by atoms with Gasteiger partial charge in [-0.15, -0.1) is 0 Å². The Bertz CT molecular complexity index is 1040. The number of halogens is 6. The number of aromatic nitrogens is 1. The number of nitrogens with zero attached hydrogens (tertiary/aromatic N) is 1. The van der Waals surface area contributed by atoms with Crippen molar-refractivity contribution in [3.8, 4) is 0 Å². The molecule has 2 heterocycles. The lowest BCUT2D eigenvalue weighted by atomic mass is 9.91. The average molecular weight is 479 g/mol. The Hall–Kier alpha value is -2.00. The standard InChI is InChI=1S/C19H13Cl3F3N3O2/c20-12-4-11(5-13(21)6-12)18(19(23,24)25)7-15(28-30-18)10-3-14(22)16(26-8-10)27-17(29)9-1-2-9/h3-9,28H,1-2H2,(H,26,27,29). The van der Waals surface area contributed by atoms with Crippen LogP contribution in [-0.4, -0.2) is 17.1 Å². The summed E-state index contributed by atoms with van der Waals surface area (Å²) in [5.41, 5.74) is -0.577. The molecule has 1 saturated carbocycles. The zero-order valence-corrected chi connectivity index (χ0v) is 17.3. The van der Waals surface area contributed by atoms with Gasteiger partial charge in [0.15, 0.2) is 5.82 Å². The van der Waals surface area contributed by atoms with Crippen molar-refractivity contribution >= 4 is 52.2 Å². The van der Waals surface area contributed by atoms with Gasteiger partial charge in [0.25, 0.3) is 0 Å². The van der Waals surface area contributed by atoms with Crippen LogP contribution in [0, 0.1) is 5.92 Å². The van der Waals surface area contributed by atoms with Gasteiger partial charge in [0.2, 0.25) is 11.5 Å². The van der Waals surface area contributed by atoms with E-state index >= 15 is 0 Å². The first-order valence-electron chi connectivity index (χ1n) is 8.76. The molecule has 1 aliphatic heterocycles. The van der Waals surface area contributed by atoms with E-state index in [1.807, 2.05) is 0 Å². The maximum atomic E-state index is 14.0. The Morgan fingerprint density at radius 3 is 2.40 bits per heavy atom. The van der Waals surface area contributed by atoms with E-state index in [1.165, 1.54) is 18.3 Å². The first-order valence-corrected chi connectivity index (χ1v) is 9.89. The predicted octanol–water partition coefficient (Wildman–Crippen LogP) is 5.72.